The summed E-state index contributed by atoms with van der Waals surface area (Å²) in [5.41, 5.74) is 1.86. The predicted molar refractivity (Wildman–Crippen MR) is 73.4 cm³/mol. The fourth-order valence-corrected chi connectivity index (χ4v) is 2.13. The number of aryl methyl sites for hydroxylation is 1. The lowest BCUT2D eigenvalue weighted by molar-refractivity contribution is -0.120. The van der Waals surface area contributed by atoms with Crippen molar-refractivity contribution in [1.29, 1.82) is 0 Å². The fourth-order valence-electron chi connectivity index (χ4n) is 2.13. The van der Waals surface area contributed by atoms with E-state index >= 15 is 0 Å². The highest BCUT2D eigenvalue weighted by Crippen LogP contribution is 2.19. The molecule has 18 heavy (non-hydrogen) atoms. The summed E-state index contributed by atoms with van der Waals surface area (Å²) in [5.74, 6) is 0.189. The molecule has 2 aromatic rings. The quantitative estimate of drug-likeness (QED) is 0.900. The number of anilines is 1. The molecule has 0 saturated carbocycles. The lowest BCUT2D eigenvalue weighted by Gasteiger charge is -2.12. The maximum atomic E-state index is 12.0. The highest BCUT2D eigenvalue weighted by molar-refractivity contribution is 5.94. The molecule has 96 valence electrons. The standard InChI is InChI=1S/C14H19N3O/c1-4-10(5-2)14(18)16-12-7-6-11-9-15-17(3)13(11)8-12/h6-10H,4-5H2,1-3H3,(H,16,18). The van der Waals surface area contributed by atoms with Crippen LogP contribution in [0.5, 0.6) is 0 Å². The Hall–Kier alpha value is -1.84. The average Bonchev–Trinajstić information content (AvgIpc) is 2.73. The Bertz CT molecular complexity index is 555. The number of amides is 1. The summed E-state index contributed by atoms with van der Waals surface area (Å²) >= 11 is 0. The molecule has 0 aliphatic rings. The van der Waals surface area contributed by atoms with Crippen LogP contribution in [-0.2, 0) is 11.8 Å². The summed E-state index contributed by atoms with van der Waals surface area (Å²) in [7, 11) is 1.90. The molecule has 4 nitrogen and oxygen atoms in total. The number of hydrogen-bond donors (Lipinski definition) is 1. The van der Waals surface area contributed by atoms with Crippen LogP contribution in [0.2, 0.25) is 0 Å². The molecule has 1 aromatic heterocycles. The molecule has 0 unspecified atom stereocenters. The van der Waals surface area contributed by atoms with Gasteiger partial charge in [0.25, 0.3) is 0 Å². The molecule has 1 N–H and O–H groups in total. The zero-order valence-corrected chi connectivity index (χ0v) is 11.1. The van der Waals surface area contributed by atoms with Crippen LogP contribution in [0.4, 0.5) is 5.69 Å². The molecule has 0 spiro atoms. The fraction of sp³-hybridized carbons (Fsp3) is 0.429. The number of hydrogen-bond acceptors (Lipinski definition) is 2. The first-order valence-electron chi connectivity index (χ1n) is 6.38. The summed E-state index contributed by atoms with van der Waals surface area (Å²) in [6, 6.07) is 5.86. The van der Waals surface area contributed by atoms with Crippen molar-refractivity contribution in [1.82, 2.24) is 9.78 Å². The number of rotatable bonds is 4. The van der Waals surface area contributed by atoms with Gasteiger partial charge in [-0.25, -0.2) is 0 Å². The molecular weight excluding hydrogens is 226 g/mol. The van der Waals surface area contributed by atoms with E-state index in [-0.39, 0.29) is 11.8 Å². The minimum atomic E-state index is 0.0900. The molecule has 1 amide bonds. The third kappa shape index (κ3) is 2.37. The molecule has 0 saturated heterocycles. The van der Waals surface area contributed by atoms with Gasteiger partial charge in [-0.05, 0) is 31.0 Å². The van der Waals surface area contributed by atoms with Gasteiger partial charge in [-0.15, -0.1) is 0 Å². The number of aromatic nitrogens is 2. The molecule has 0 atom stereocenters. The van der Waals surface area contributed by atoms with Gasteiger partial charge in [-0.3, -0.25) is 9.48 Å². The first kappa shape index (κ1) is 12.6. The first-order chi connectivity index (χ1) is 8.65. The van der Waals surface area contributed by atoms with E-state index in [1.165, 1.54) is 0 Å². The predicted octanol–water partition coefficient (Wildman–Crippen LogP) is 2.95. The van der Waals surface area contributed by atoms with Crippen molar-refractivity contribution in [3.63, 3.8) is 0 Å². The average molecular weight is 245 g/mol. The zero-order valence-electron chi connectivity index (χ0n) is 11.1. The minimum absolute atomic E-state index is 0.0900. The van der Waals surface area contributed by atoms with E-state index < -0.39 is 0 Å². The van der Waals surface area contributed by atoms with E-state index in [9.17, 15) is 4.79 Å². The third-order valence-corrected chi connectivity index (χ3v) is 3.37. The maximum absolute atomic E-state index is 12.0. The lowest BCUT2D eigenvalue weighted by atomic mass is 10.0. The SMILES string of the molecule is CCC(CC)C(=O)Nc1ccc2cnn(C)c2c1. The molecule has 0 radical (unpaired) electrons. The van der Waals surface area contributed by atoms with Crippen LogP contribution >= 0.6 is 0 Å². The van der Waals surface area contributed by atoms with E-state index in [0.29, 0.717) is 0 Å². The molecule has 2 rings (SSSR count). The Kier molecular flexibility index (Phi) is 3.65. The first-order valence-corrected chi connectivity index (χ1v) is 6.38. The van der Waals surface area contributed by atoms with Crippen LogP contribution < -0.4 is 5.32 Å². The summed E-state index contributed by atoms with van der Waals surface area (Å²) in [5, 5.41) is 8.24. The van der Waals surface area contributed by atoms with Gasteiger partial charge in [-0.1, -0.05) is 13.8 Å². The van der Waals surface area contributed by atoms with E-state index in [1.54, 1.807) is 0 Å². The normalized spacial score (nSPS) is 11.1. The number of nitrogens with one attached hydrogen (secondary N) is 1. The Morgan fingerprint density at radius 1 is 1.39 bits per heavy atom. The Morgan fingerprint density at radius 2 is 2.11 bits per heavy atom. The van der Waals surface area contributed by atoms with E-state index in [0.717, 1.165) is 29.4 Å². The largest absolute Gasteiger partial charge is 0.326 e. The Labute approximate surface area is 107 Å². The maximum Gasteiger partial charge on any atom is 0.227 e. The molecule has 0 aliphatic carbocycles. The monoisotopic (exact) mass is 245 g/mol. The molecule has 1 heterocycles. The summed E-state index contributed by atoms with van der Waals surface area (Å²) in [6.45, 7) is 4.08. The van der Waals surface area contributed by atoms with Crippen molar-refractivity contribution >= 4 is 22.5 Å². The van der Waals surface area contributed by atoms with Crippen molar-refractivity contribution in [2.45, 2.75) is 26.7 Å². The van der Waals surface area contributed by atoms with Gasteiger partial charge in [0.2, 0.25) is 5.91 Å². The minimum Gasteiger partial charge on any atom is -0.326 e. The second-order valence-corrected chi connectivity index (χ2v) is 4.54. The van der Waals surface area contributed by atoms with Crippen LogP contribution in [0.25, 0.3) is 10.9 Å². The number of carbonyl (C=O) groups excluding carboxylic acids is 1. The van der Waals surface area contributed by atoms with Crippen molar-refractivity contribution in [2.75, 3.05) is 5.32 Å². The lowest BCUT2D eigenvalue weighted by Crippen LogP contribution is -2.21. The van der Waals surface area contributed by atoms with Crippen LogP contribution in [-0.4, -0.2) is 15.7 Å². The van der Waals surface area contributed by atoms with Crippen LogP contribution in [0.3, 0.4) is 0 Å². The zero-order chi connectivity index (χ0) is 13.1. The summed E-state index contributed by atoms with van der Waals surface area (Å²) in [6.07, 6.45) is 3.56. The molecular formula is C14H19N3O. The second kappa shape index (κ2) is 5.21. The Morgan fingerprint density at radius 3 is 2.78 bits per heavy atom. The second-order valence-electron chi connectivity index (χ2n) is 4.54. The molecule has 0 bridgehead atoms. The highest BCUT2D eigenvalue weighted by Gasteiger charge is 2.14. The number of nitrogens with zero attached hydrogens (tertiary/aromatic N) is 2. The highest BCUT2D eigenvalue weighted by atomic mass is 16.1. The summed E-state index contributed by atoms with van der Waals surface area (Å²) in [4.78, 5) is 12.0. The molecule has 1 aromatic carbocycles. The molecule has 0 fully saturated rings. The Balaban J connectivity index is 2.21. The van der Waals surface area contributed by atoms with Crippen molar-refractivity contribution in [3.05, 3.63) is 24.4 Å². The van der Waals surface area contributed by atoms with Gasteiger partial charge in [0.05, 0.1) is 11.7 Å². The summed E-state index contributed by atoms with van der Waals surface area (Å²) < 4.78 is 1.81. The van der Waals surface area contributed by atoms with Crippen molar-refractivity contribution < 1.29 is 4.79 Å². The number of benzene rings is 1. The van der Waals surface area contributed by atoms with Gasteiger partial charge < -0.3 is 5.32 Å². The number of fused-ring (bicyclic) bond motifs is 1. The van der Waals surface area contributed by atoms with E-state index in [4.69, 9.17) is 0 Å². The van der Waals surface area contributed by atoms with Gasteiger partial charge in [0.15, 0.2) is 0 Å². The van der Waals surface area contributed by atoms with Gasteiger partial charge in [0, 0.05) is 24.0 Å². The van der Waals surface area contributed by atoms with Crippen LogP contribution in [0.1, 0.15) is 26.7 Å². The van der Waals surface area contributed by atoms with Crippen molar-refractivity contribution in [3.8, 4) is 0 Å². The molecule has 0 aliphatic heterocycles. The topological polar surface area (TPSA) is 46.9 Å². The van der Waals surface area contributed by atoms with E-state index in [2.05, 4.69) is 10.4 Å². The van der Waals surface area contributed by atoms with Gasteiger partial charge in [-0.2, -0.15) is 5.10 Å². The third-order valence-electron chi connectivity index (χ3n) is 3.37. The van der Waals surface area contributed by atoms with Gasteiger partial charge in [0.1, 0.15) is 0 Å². The molecule has 4 heteroatoms. The smallest absolute Gasteiger partial charge is 0.227 e. The van der Waals surface area contributed by atoms with Gasteiger partial charge >= 0.3 is 0 Å². The van der Waals surface area contributed by atoms with Crippen LogP contribution in [0.15, 0.2) is 24.4 Å². The number of carbonyl (C=O) groups is 1. The van der Waals surface area contributed by atoms with Crippen LogP contribution in [0, 0.1) is 5.92 Å². The van der Waals surface area contributed by atoms with Crippen molar-refractivity contribution in [2.24, 2.45) is 13.0 Å². The van der Waals surface area contributed by atoms with E-state index in [1.807, 2.05) is 50.0 Å².